The van der Waals surface area contributed by atoms with Crippen LogP contribution in [-0.2, 0) is 49.3 Å². The first-order valence-electron chi connectivity index (χ1n) is 21.0. The number of nitrogens with two attached hydrogens (primary N) is 1. The number of anilines is 1. The Labute approximate surface area is 442 Å². The summed E-state index contributed by atoms with van der Waals surface area (Å²) < 4.78 is 32.4. The summed E-state index contributed by atoms with van der Waals surface area (Å²) >= 11 is 6.06. The molecule has 0 aliphatic heterocycles. The summed E-state index contributed by atoms with van der Waals surface area (Å²) in [7, 11) is 4.21. The number of nitrogens with one attached hydrogen (secondary N) is 2. The van der Waals surface area contributed by atoms with Gasteiger partial charge in [0.2, 0.25) is 5.91 Å². The minimum Gasteiger partial charge on any atom is -0.480 e. The number of likely N-dealkylation sites (N-methyl/N-ethyl adjacent to an activating group) is 1. The van der Waals surface area contributed by atoms with E-state index in [4.69, 9.17) is 42.1 Å². The van der Waals surface area contributed by atoms with Gasteiger partial charge < -0.3 is 50.2 Å². The second-order valence-electron chi connectivity index (χ2n) is 15.7. The molecule has 24 heteroatoms. The first-order chi connectivity index (χ1) is 31.1. The molecule has 0 aliphatic rings. The first kappa shape index (κ1) is 74.9. The first-order valence-corrected chi connectivity index (χ1v) is 21.4. The second-order valence-corrected chi connectivity index (χ2v) is 16.1. The number of pyridine rings is 1. The molecule has 0 saturated heterocycles. The minimum atomic E-state index is -1.17. The van der Waals surface area contributed by atoms with Crippen molar-refractivity contribution in [3.05, 3.63) is 71.1 Å². The number of alkyl carbamates (subject to hydrolysis) is 1. The van der Waals surface area contributed by atoms with Gasteiger partial charge in [0.05, 0.1) is 20.3 Å². The van der Waals surface area contributed by atoms with Crippen LogP contribution in [0.15, 0.2) is 54.7 Å². The number of carboxylic acids is 2. The Balaban J connectivity index is -0.000000343. The molecule has 0 bridgehead atoms. The summed E-state index contributed by atoms with van der Waals surface area (Å²) in [5.41, 5.74) is 5.18. The number of ether oxygens (including phenoxy) is 4. The summed E-state index contributed by atoms with van der Waals surface area (Å²) in [6, 6.07) is 11.2. The second kappa shape index (κ2) is 40.5. The molecular formula is C47H77ClFN5O14S3. The Morgan fingerprint density at radius 3 is 1.90 bits per heavy atom. The molecule has 7 N–H and O–H groups in total. The average molecular weight is 1090 g/mol. The molecule has 19 nitrogen and oxygen atoms in total. The van der Waals surface area contributed by atoms with Gasteiger partial charge in [0, 0.05) is 49.5 Å². The summed E-state index contributed by atoms with van der Waals surface area (Å²) in [6.07, 6.45) is 4.05. The van der Waals surface area contributed by atoms with E-state index in [2.05, 4.69) is 25.1 Å². The summed E-state index contributed by atoms with van der Waals surface area (Å²) in [5.74, 6) is -3.18. The number of halogens is 2. The standard InChI is InChI=1S/C26H29ClFN3O4.C12H21NO6.C7H13NO4.2CH4.3H2S/c1-31(25(33)12-10-18-9-11-21(28)15-23(18)27)22(8-4-5-13-32)17-35-26(34)30-24-14-19-6-2-3-7-20(19)16-29-24;1-12(2,3)19-11(17)13-8(10(15)16)6-5-7-9(14)18-4;1-12-6(9)4-2-3-5(8)7(10)11;;;;;/h2-3,6-7,9,11,14-16,22,32H,4-5,8,10,12-13,17H2,1H3,(H,29,30,34);8H,5-7H2,1-4H3,(H,13,17)(H,15,16);5H,2-4,8H2,1H3,(H,10,11);2*1H4;3*1H2/t22-;8-;5-;;;;;/m000...../s1. The third-order valence-corrected chi connectivity index (χ3v) is 9.66. The number of aliphatic carboxylic acids is 2. The van der Waals surface area contributed by atoms with Crippen molar-refractivity contribution >= 4 is 111 Å². The number of carboxylic acid groups (broad SMARTS) is 2. The van der Waals surface area contributed by atoms with Gasteiger partial charge in [-0.1, -0.05) is 56.8 Å². The fraction of sp³-hybridized carbons (Fsp3) is 0.532. The van der Waals surface area contributed by atoms with Gasteiger partial charge in [0.25, 0.3) is 0 Å². The van der Waals surface area contributed by atoms with Crippen LogP contribution in [0.4, 0.5) is 19.8 Å². The van der Waals surface area contributed by atoms with E-state index in [1.54, 1.807) is 51.0 Å². The lowest BCUT2D eigenvalue weighted by molar-refractivity contribution is -0.142. The van der Waals surface area contributed by atoms with Crippen molar-refractivity contribution in [2.24, 2.45) is 5.73 Å². The van der Waals surface area contributed by atoms with Crippen molar-refractivity contribution in [2.75, 3.05) is 39.8 Å². The summed E-state index contributed by atoms with van der Waals surface area (Å²) in [6.45, 7) is 5.08. The lowest BCUT2D eigenvalue weighted by atomic mass is 10.1. The van der Waals surface area contributed by atoms with Gasteiger partial charge >= 0.3 is 36.1 Å². The predicted molar refractivity (Wildman–Crippen MR) is 287 cm³/mol. The monoisotopic (exact) mass is 1090 g/mol. The zero-order chi connectivity index (χ0) is 49.8. The number of nitrogens with zero attached hydrogens (tertiary/aromatic N) is 2. The molecule has 0 saturated carbocycles. The van der Waals surface area contributed by atoms with Gasteiger partial charge in [-0.2, -0.15) is 40.5 Å². The Morgan fingerprint density at radius 2 is 1.38 bits per heavy atom. The van der Waals surface area contributed by atoms with E-state index < -0.39 is 53.6 Å². The van der Waals surface area contributed by atoms with Gasteiger partial charge in [-0.15, -0.1) is 0 Å². The highest BCUT2D eigenvalue weighted by Gasteiger charge is 2.25. The highest BCUT2D eigenvalue weighted by Crippen LogP contribution is 2.20. The van der Waals surface area contributed by atoms with Crippen LogP contribution >= 0.6 is 52.1 Å². The summed E-state index contributed by atoms with van der Waals surface area (Å²) in [5, 5.41) is 33.5. The largest absolute Gasteiger partial charge is 0.480 e. The number of benzene rings is 2. The van der Waals surface area contributed by atoms with E-state index >= 15 is 0 Å². The maximum atomic E-state index is 13.3. The number of aliphatic hydroxyl groups excluding tert-OH is 1. The average Bonchev–Trinajstić information content (AvgIpc) is 3.26. The number of carbonyl (C=O) groups excluding carboxylic acids is 5. The molecule has 3 aromatic rings. The molecular weight excluding hydrogens is 1010 g/mol. The maximum absolute atomic E-state index is 13.3. The molecule has 1 aromatic heterocycles. The molecule has 3 atom stereocenters. The van der Waals surface area contributed by atoms with Crippen molar-refractivity contribution in [3.63, 3.8) is 0 Å². The number of hydrogen-bond donors (Lipinski definition) is 6. The van der Waals surface area contributed by atoms with Crippen LogP contribution in [0.25, 0.3) is 10.8 Å². The third-order valence-electron chi connectivity index (χ3n) is 9.31. The van der Waals surface area contributed by atoms with E-state index in [0.717, 1.165) is 10.8 Å². The number of hydrogen-bond acceptors (Lipinski definition) is 14. The number of aliphatic hydroxyl groups is 1. The Hall–Kier alpha value is -5.07. The Bertz CT molecular complexity index is 2050. The minimum absolute atomic E-state index is 0. The predicted octanol–water partition coefficient (Wildman–Crippen LogP) is 7.86. The van der Waals surface area contributed by atoms with Gasteiger partial charge in [-0.3, -0.25) is 24.5 Å². The molecule has 0 unspecified atom stereocenters. The van der Waals surface area contributed by atoms with Gasteiger partial charge in [0.1, 0.15) is 35.9 Å². The number of carbonyl (C=O) groups is 7. The maximum Gasteiger partial charge on any atom is 0.412 e. The molecule has 3 rings (SSSR count). The van der Waals surface area contributed by atoms with E-state index in [1.165, 1.54) is 26.4 Å². The van der Waals surface area contributed by atoms with Crippen molar-refractivity contribution in [2.45, 2.75) is 130 Å². The lowest BCUT2D eigenvalue weighted by Crippen LogP contribution is -2.43. The van der Waals surface area contributed by atoms with Crippen LogP contribution < -0.4 is 16.4 Å². The van der Waals surface area contributed by atoms with Crippen molar-refractivity contribution < 1.29 is 72.2 Å². The molecule has 3 amide bonds. The SMILES string of the molecule is C.C.CN(C(=O)CCc1ccc(F)cc1Cl)[C@@H](CCCCO)COC(=O)Nc1cc2ccccc2cn1.COC(=O)CCC[C@H](N)C(=O)O.COC(=O)CCC[C@H](NC(=O)OC(C)(C)C)C(=O)O.S.S.S. The van der Waals surface area contributed by atoms with E-state index in [1.807, 2.05) is 24.3 Å². The van der Waals surface area contributed by atoms with Crippen molar-refractivity contribution in [1.29, 1.82) is 0 Å². The number of methoxy groups -OCH3 is 2. The topological polar surface area (TPSA) is 283 Å². The lowest BCUT2D eigenvalue weighted by Gasteiger charge is -2.28. The number of unbranched alkanes of at least 4 members (excludes halogenated alkanes) is 1. The Kier molecular flexibility index (Phi) is 42.7. The van der Waals surface area contributed by atoms with Gasteiger partial charge in [-0.25, -0.2) is 23.8 Å². The molecule has 0 spiro atoms. The van der Waals surface area contributed by atoms with E-state index in [9.17, 15) is 38.0 Å². The number of rotatable bonds is 22. The molecule has 406 valence electrons. The highest BCUT2D eigenvalue weighted by molar-refractivity contribution is 7.59. The van der Waals surface area contributed by atoms with Crippen LogP contribution in [0.1, 0.15) is 105 Å². The molecule has 1 heterocycles. The number of esters is 2. The fourth-order valence-electron chi connectivity index (χ4n) is 5.64. The number of aryl methyl sites for hydroxylation is 1. The van der Waals surface area contributed by atoms with Gasteiger partial charge in [-0.05, 0) is 101 Å². The number of amides is 3. The molecule has 0 aliphatic carbocycles. The van der Waals surface area contributed by atoms with Crippen LogP contribution in [-0.4, -0.2) is 125 Å². The van der Waals surface area contributed by atoms with Gasteiger partial charge in [0.15, 0.2) is 0 Å². The van der Waals surface area contributed by atoms with Crippen LogP contribution in [0.3, 0.4) is 0 Å². The number of fused-ring (bicyclic) bond motifs is 1. The zero-order valence-corrected chi connectivity index (χ0v) is 43.4. The smallest absolute Gasteiger partial charge is 0.412 e. The van der Waals surface area contributed by atoms with E-state index in [0.29, 0.717) is 56.3 Å². The van der Waals surface area contributed by atoms with Crippen LogP contribution in [0.5, 0.6) is 0 Å². The molecule has 2 aromatic carbocycles. The molecule has 0 fully saturated rings. The quantitative estimate of drug-likeness (QED) is 0.0317. The molecule has 71 heavy (non-hydrogen) atoms. The van der Waals surface area contributed by atoms with Crippen LogP contribution in [0, 0.1) is 5.82 Å². The zero-order valence-electron chi connectivity index (χ0n) is 39.7. The normalized spacial score (nSPS) is 11.2. The highest BCUT2D eigenvalue weighted by atomic mass is 35.5. The number of aromatic nitrogens is 1. The van der Waals surface area contributed by atoms with E-state index in [-0.39, 0.29) is 117 Å². The Morgan fingerprint density at radius 1 is 0.803 bits per heavy atom. The van der Waals surface area contributed by atoms with Crippen molar-refractivity contribution in [3.8, 4) is 0 Å². The fourth-order valence-corrected chi connectivity index (χ4v) is 5.90. The summed E-state index contributed by atoms with van der Waals surface area (Å²) in [4.78, 5) is 85.0. The van der Waals surface area contributed by atoms with Crippen LogP contribution in [0.2, 0.25) is 5.02 Å². The molecule has 0 radical (unpaired) electrons. The van der Waals surface area contributed by atoms with Crippen molar-refractivity contribution in [1.82, 2.24) is 15.2 Å². The third kappa shape index (κ3) is 33.3.